The van der Waals surface area contributed by atoms with Crippen LogP contribution in [0, 0.1) is 0 Å². The van der Waals surface area contributed by atoms with Crippen molar-refractivity contribution in [1.29, 1.82) is 0 Å². The monoisotopic (exact) mass is 389 g/mol. The zero-order chi connectivity index (χ0) is 19.2. The van der Waals surface area contributed by atoms with Gasteiger partial charge in [0.1, 0.15) is 5.75 Å². The first kappa shape index (κ1) is 19.7. The highest BCUT2D eigenvalue weighted by atomic mass is 32.2. The van der Waals surface area contributed by atoms with E-state index in [1.807, 2.05) is 43.1 Å². The number of benzene rings is 1. The topological polar surface area (TPSA) is 73.1 Å². The van der Waals surface area contributed by atoms with Crippen LogP contribution in [-0.2, 0) is 11.3 Å². The lowest BCUT2D eigenvalue weighted by Crippen LogP contribution is -2.42. The van der Waals surface area contributed by atoms with E-state index >= 15 is 0 Å². The lowest BCUT2D eigenvalue weighted by Gasteiger charge is -2.32. The Morgan fingerprint density at radius 1 is 1.30 bits per heavy atom. The second kappa shape index (κ2) is 9.21. The number of tetrazole rings is 1. The molecule has 1 saturated carbocycles. The quantitative estimate of drug-likeness (QED) is 0.678. The summed E-state index contributed by atoms with van der Waals surface area (Å²) in [6.07, 6.45) is 5.92. The molecule has 0 spiro atoms. The van der Waals surface area contributed by atoms with Crippen molar-refractivity contribution in [3.8, 4) is 5.75 Å². The van der Waals surface area contributed by atoms with Crippen LogP contribution in [0.2, 0.25) is 0 Å². The van der Waals surface area contributed by atoms with Gasteiger partial charge in [0.2, 0.25) is 11.1 Å². The Morgan fingerprint density at radius 3 is 2.67 bits per heavy atom. The van der Waals surface area contributed by atoms with Gasteiger partial charge in [-0.2, -0.15) is 0 Å². The van der Waals surface area contributed by atoms with Crippen LogP contribution in [0.5, 0.6) is 5.75 Å². The van der Waals surface area contributed by atoms with Crippen molar-refractivity contribution >= 4 is 17.7 Å². The smallest absolute Gasteiger partial charge is 0.235 e. The van der Waals surface area contributed by atoms with E-state index in [1.165, 1.54) is 31.0 Å². The zero-order valence-electron chi connectivity index (χ0n) is 16.2. The molecule has 27 heavy (non-hydrogen) atoms. The molecule has 1 atom stereocenters. The van der Waals surface area contributed by atoms with Crippen molar-refractivity contribution in [2.45, 2.75) is 62.0 Å². The summed E-state index contributed by atoms with van der Waals surface area (Å²) in [5.74, 6) is 0.959. The van der Waals surface area contributed by atoms with Crippen LogP contribution in [0.1, 0.15) is 44.6 Å². The van der Waals surface area contributed by atoms with Crippen molar-refractivity contribution < 1.29 is 9.53 Å². The van der Waals surface area contributed by atoms with Gasteiger partial charge in [0.05, 0.1) is 18.9 Å². The number of hydrogen-bond acceptors (Lipinski definition) is 6. The van der Waals surface area contributed by atoms with Gasteiger partial charge in [-0.15, -0.1) is 5.10 Å². The number of methoxy groups -OCH3 is 1. The highest BCUT2D eigenvalue weighted by molar-refractivity contribution is 8.00. The minimum absolute atomic E-state index is 0.144. The van der Waals surface area contributed by atoms with Crippen LogP contribution in [0.4, 0.5) is 0 Å². The van der Waals surface area contributed by atoms with Crippen molar-refractivity contribution in [3.63, 3.8) is 0 Å². The van der Waals surface area contributed by atoms with E-state index in [1.54, 1.807) is 11.8 Å². The van der Waals surface area contributed by atoms with Gasteiger partial charge >= 0.3 is 0 Å². The van der Waals surface area contributed by atoms with Gasteiger partial charge in [-0.25, -0.2) is 4.68 Å². The van der Waals surface area contributed by atoms with Gasteiger partial charge in [-0.1, -0.05) is 43.2 Å². The fourth-order valence-electron chi connectivity index (χ4n) is 3.43. The fraction of sp³-hybridized carbons (Fsp3) is 0.579. The summed E-state index contributed by atoms with van der Waals surface area (Å²) in [6, 6.07) is 8.17. The van der Waals surface area contributed by atoms with Gasteiger partial charge in [0, 0.05) is 13.1 Å². The Labute approximate surface area is 164 Å². The molecular formula is C19H27N5O2S. The first-order chi connectivity index (χ1) is 13.1. The Kier molecular flexibility index (Phi) is 6.71. The number of hydrogen-bond donors (Lipinski definition) is 0. The average molecular weight is 390 g/mol. The van der Waals surface area contributed by atoms with E-state index in [-0.39, 0.29) is 11.2 Å². The predicted molar refractivity (Wildman–Crippen MR) is 105 cm³/mol. The van der Waals surface area contributed by atoms with Crippen LogP contribution in [0.15, 0.2) is 29.4 Å². The van der Waals surface area contributed by atoms with E-state index in [2.05, 4.69) is 15.5 Å². The van der Waals surface area contributed by atoms with Crippen molar-refractivity contribution in [2.75, 3.05) is 14.2 Å². The maximum absolute atomic E-state index is 12.8. The Balaban J connectivity index is 1.61. The van der Waals surface area contributed by atoms with E-state index in [0.717, 1.165) is 24.2 Å². The summed E-state index contributed by atoms with van der Waals surface area (Å²) in [5, 5.41) is 12.4. The highest BCUT2D eigenvalue weighted by Gasteiger charge is 2.27. The van der Waals surface area contributed by atoms with E-state index in [9.17, 15) is 4.79 Å². The van der Waals surface area contributed by atoms with Crippen LogP contribution in [-0.4, -0.2) is 56.5 Å². The average Bonchev–Trinajstić information content (AvgIpc) is 3.14. The number of thioether (sulfide) groups is 1. The number of amides is 1. The Bertz CT molecular complexity index is 743. The third-order valence-electron chi connectivity index (χ3n) is 5.09. The van der Waals surface area contributed by atoms with E-state index in [4.69, 9.17) is 4.74 Å². The van der Waals surface area contributed by atoms with Crippen LogP contribution in [0.25, 0.3) is 0 Å². The summed E-state index contributed by atoms with van der Waals surface area (Å²) in [6.45, 7) is 2.48. The molecular weight excluding hydrogens is 362 g/mol. The number of aromatic nitrogens is 4. The number of ether oxygens (including phenoxy) is 1. The fourth-order valence-corrected chi connectivity index (χ4v) is 4.32. The van der Waals surface area contributed by atoms with Crippen LogP contribution in [0.3, 0.4) is 0 Å². The summed E-state index contributed by atoms with van der Waals surface area (Å²) < 4.78 is 6.92. The molecule has 7 nitrogen and oxygen atoms in total. The van der Waals surface area contributed by atoms with Gasteiger partial charge in [0.25, 0.3) is 0 Å². The molecule has 0 radical (unpaired) electrons. The molecule has 1 heterocycles. The number of nitrogens with zero attached hydrogens (tertiary/aromatic N) is 5. The predicted octanol–water partition coefficient (Wildman–Crippen LogP) is 3.00. The second-order valence-electron chi connectivity index (χ2n) is 6.97. The molecule has 1 aromatic heterocycles. The SMILES string of the molecule is COc1ccc(Cn2nnnc2SC(C)C(=O)N(C)C2CCCCC2)cc1. The minimum atomic E-state index is -0.224. The molecule has 1 amide bonds. The molecule has 2 aromatic rings. The first-order valence-electron chi connectivity index (χ1n) is 9.41. The molecule has 0 saturated heterocycles. The maximum atomic E-state index is 12.8. The van der Waals surface area contributed by atoms with Crippen molar-refractivity contribution in [3.05, 3.63) is 29.8 Å². The molecule has 1 unspecified atom stereocenters. The molecule has 1 aliphatic carbocycles. The van der Waals surface area contributed by atoms with Crippen LogP contribution < -0.4 is 4.74 Å². The number of carbonyl (C=O) groups is 1. The molecule has 1 fully saturated rings. The minimum Gasteiger partial charge on any atom is -0.497 e. The van der Waals surface area contributed by atoms with Crippen molar-refractivity contribution in [1.82, 2.24) is 25.1 Å². The Morgan fingerprint density at radius 2 is 2.00 bits per heavy atom. The molecule has 0 aliphatic heterocycles. The van der Waals surface area contributed by atoms with E-state index < -0.39 is 0 Å². The van der Waals surface area contributed by atoms with Crippen molar-refractivity contribution in [2.24, 2.45) is 0 Å². The molecule has 146 valence electrons. The first-order valence-corrected chi connectivity index (χ1v) is 10.3. The Hall–Kier alpha value is -2.09. The van der Waals surface area contributed by atoms with E-state index in [0.29, 0.717) is 17.7 Å². The summed E-state index contributed by atoms with van der Waals surface area (Å²) >= 11 is 1.42. The van der Waals surface area contributed by atoms with Crippen LogP contribution >= 0.6 is 11.8 Å². The number of rotatable bonds is 7. The summed E-state index contributed by atoms with van der Waals surface area (Å²) in [5.41, 5.74) is 1.07. The highest BCUT2D eigenvalue weighted by Crippen LogP contribution is 2.26. The lowest BCUT2D eigenvalue weighted by atomic mass is 9.94. The standard InChI is InChI=1S/C19H27N5O2S/c1-14(18(25)23(2)16-7-5-4-6-8-16)27-19-20-21-22-24(19)13-15-9-11-17(26-3)12-10-15/h9-12,14,16H,4-8,13H2,1-3H3. The molecule has 1 aromatic carbocycles. The maximum Gasteiger partial charge on any atom is 0.235 e. The van der Waals surface area contributed by atoms with Gasteiger partial charge in [-0.05, 0) is 47.9 Å². The van der Waals surface area contributed by atoms with Gasteiger partial charge < -0.3 is 9.64 Å². The van der Waals surface area contributed by atoms with Gasteiger partial charge in [-0.3, -0.25) is 4.79 Å². The molecule has 8 heteroatoms. The second-order valence-corrected chi connectivity index (χ2v) is 8.28. The number of carbonyl (C=O) groups excluding carboxylic acids is 1. The molecule has 0 N–H and O–H groups in total. The van der Waals surface area contributed by atoms with Gasteiger partial charge in [0.15, 0.2) is 0 Å². The largest absolute Gasteiger partial charge is 0.497 e. The third kappa shape index (κ3) is 5.00. The third-order valence-corrected chi connectivity index (χ3v) is 6.15. The molecule has 0 bridgehead atoms. The molecule has 1 aliphatic rings. The zero-order valence-corrected chi connectivity index (χ0v) is 17.0. The lowest BCUT2D eigenvalue weighted by molar-refractivity contribution is -0.131. The molecule has 3 rings (SSSR count). The normalized spacial score (nSPS) is 16.1. The summed E-state index contributed by atoms with van der Waals surface area (Å²) in [4.78, 5) is 14.7. The summed E-state index contributed by atoms with van der Waals surface area (Å²) in [7, 11) is 3.57.